The lowest BCUT2D eigenvalue weighted by molar-refractivity contribution is 0.0948. The predicted octanol–water partition coefficient (Wildman–Crippen LogP) is 3.65. The maximum atomic E-state index is 12.8. The molecule has 1 amide bonds. The first-order chi connectivity index (χ1) is 16.6. The molecule has 2 aliphatic rings. The summed E-state index contributed by atoms with van der Waals surface area (Å²) in [5, 5.41) is 4.87. The van der Waals surface area contributed by atoms with Crippen LogP contribution in [0, 0.1) is 6.92 Å². The zero-order valence-electron chi connectivity index (χ0n) is 19.4. The fraction of sp³-hybridized carbons (Fsp3) is 0.440. The van der Waals surface area contributed by atoms with E-state index in [-0.39, 0.29) is 5.91 Å². The summed E-state index contributed by atoms with van der Waals surface area (Å²) in [4.78, 5) is 24.5. The largest absolute Gasteiger partial charge is 0.378 e. The molecule has 0 spiro atoms. The molecular formula is C25H30ClN5O2S. The Labute approximate surface area is 209 Å². The molecule has 34 heavy (non-hydrogen) atoms. The van der Waals surface area contributed by atoms with Crippen molar-refractivity contribution < 1.29 is 9.53 Å². The van der Waals surface area contributed by atoms with Gasteiger partial charge < -0.3 is 19.9 Å². The number of carbonyl (C=O) groups is 1. The minimum Gasteiger partial charge on any atom is -0.378 e. The van der Waals surface area contributed by atoms with Gasteiger partial charge in [0, 0.05) is 68.6 Å². The molecule has 0 unspecified atom stereocenters. The Morgan fingerprint density at radius 1 is 1.06 bits per heavy atom. The highest BCUT2D eigenvalue weighted by atomic mass is 35.5. The van der Waals surface area contributed by atoms with Crippen LogP contribution in [0.1, 0.15) is 15.9 Å². The van der Waals surface area contributed by atoms with Crippen LogP contribution in [0.4, 0.5) is 10.8 Å². The molecule has 2 saturated heterocycles. The third-order valence-electron chi connectivity index (χ3n) is 6.52. The third-order valence-corrected chi connectivity index (χ3v) is 7.83. The van der Waals surface area contributed by atoms with Gasteiger partial charge in [-0.1, -0.05) is 29.0 Å². The summed E-state index contributed by atoms with van der Waals surface area (Å²) in [6.45, 7) is 10.7. The molecule has 180 valence electrons. The highest BCUT2D eigenvalue weighted by Gasteiger charge is 2.19. The van der Waals surface area contributed by atoms with Crippen molar-refractivity contribution in [3.05, 3.63) is 52.5 Å². The Kier molecular flexibility index (Phi) is 7.20. The van der Waals surface area contributed by atoms with Crippen LogP contribution in [0.15, 0.2) is 36.4 Å². The number of anilines is 2. The number of rotatable bonds is 6. The summed E-state index contributed by atoms with van der Waals surface area (Å²) in [6.07, 6.45) is 0. The number of ether oxygens (including phenoxy) is 1. The maximum absolute atomic E-state index is 12.8. The molecule has 0 atom stereocenters. The van der Waals surface area contributed by atoms with Crippen LogP contribution < -0.4 is 15.1 Å². The second-order valence-electron chi connectivity index (χ2n) is 8.79. The van der Waals surface area contributed by atoms with Crippen molar-refractivity contribution in [2.45, 2.75) is 6.92 Å². The van der Waals surface area contributed by atoms with Crippen molar-refractivity contribution in [1.82, 2.24) is 15.2 Å². The topological polar surface area (TPSA) is 60.9 Å². The minimum absolute atomic E-state index is 0.0311. The number of thiazole rings is 1. The molecule has 9 heteroatoms. The van der Waals surface area contributed by atoms with Gasteiger partial charge in [-0.05, 0) is 42.8 Å². The van der Waals surface area contributed by atoms with Crippen LogP contribution in [0.3, 0.4) is 0 Å². The van der Waals surface area contributed by atoms with Gasteiger partial charge in [0.2, 0.25) is 0 Å². The number of aromatic nitrogens is 1. The van der Waals surface area contributed by atoms with Crippen molar-refractivity contribution in [3.63, 3.8) is 0 Å². The summed E-state index contributed by atoms with van der Waals surface area (Å²) >= 11 is 7.84. The number of carbonyl (C=O) groups excluding carboxylic acids is 1. The monoisotopic (exact) mass is 499 g/mol. The quantitative estimate of drug-likeness (QED) is 0.558. The first-order valence-corrected chi connectivity index (χ1v) is 13.0. The molecule has 5 rings (SSSR count). The number of hydrogen-bond acceptors (Lipinski definition) is 7. The molecule has 0 saturated carbocycles. The average Bonchev–Trinajstić information content (AvgIpc) is 3.30. The number of halogens is 1. The van der Waals surface area contributed by atoms with Gasteiger partial charge in [0.15, 0.2) is 5.13 Å². The van der Waals surface area contributed by atoms with Gasteiger partial charge in [-0.15, -0.1) is 0 Å². The molecule has 1 aromatic heterocycles. The van der Waals surface area contributed by atoms with E-state index >= 15 is 0 Å². The molecule has 2 fully saturated rings. The second-order valence-corrected chi connectivity index (χ2v) is 10.2. The van der Waals surface area contributed by atoms with E-state index in [0.29, 0.717) is 12.1 Å². The van der Waals surface area contributed by atoms with Crippen LogP contribution in [-0.2, 0) is 4.74 Å². The molecule has 2 aliphatic heterocycles. The van der Waals surface area contributed by atoms with Gasteiger partial charge in [-0.3, -0.25) is 9.69 Å². The molecule has 7 nitrogen and oxygen atoms in total. The van der Waals surface area contributed by atoms with Crippen LogP contribution in [0.5, 0.6) is 0 Å². The van der Waals surface area contributed by atoms with Crippen LogP contribution in [-0.4, -0.2) is 81.4 Å². The van der Waals surface area contributed by atoms with Crippen molar-refractivity contribution in [2.24, 2.45) is 0 Å². The molecule has 0 bridgehead atoms. The van der Waals surface area contributed by atoms with E-state index in [1.54, 1.807) is 11.3 Å². The number of piperazine rings is 1. The lowest BCUT2D eigenvalue weighted by Gasteiger charge is -2.36. The first kappa shape index (κ1) is 23.4. The number of amides is 1. The van der Waals surface area contributed by atoms with E-state index in [1.807, 2.05) is 24.3 Å². The number of nitrogens with one attached hydrogen (secondary N) is 1. The molecule has 3 heterocycles. The predicted molar refractivity (Wildman–Crippen MR) is 140 cm³/mol. The normalized spacial score (nSPS) is 17.4. The van der Waals surface area contributed by atoms with Gasteiger partial charge in [0.05, 0.1) is 23.4 Å². The molecular weight excluding hydrogens is 470 g/mol. The van der Waals surface area contributed by atoms with E-state index in [4.69, 9.17) is 21.3 Å². The van der Waals surface area contributed by atoms with Crippen LogP contribution in [0.2, 0.25) is 5.02 Å². The number of fused-ring (bicyclic) bond motifs is 1. The Morgan fingerprint density at radius 3 is 2.65 bits per heavy atom. The molecule has 1 N–H and O–H groups in total. The van der Waals surface area contributed by atoms with Gasteiger partial charge in [0.25, 0.3) is 5.91 Å². The molecule has 0 radical (unpaired) electrons. The minimum atomic E-state index is -0.0311. The van der Waals surface area contributed by atoms with Gasteiger partial charge in [-0.25, -0.2) is 4.98 Å². The fourth-order valence-electron chi connectivity index (χ4n) is 4.51. The van der Waals surface area contributed by atoms with Gasteiger partial charge in [-0.2, -0.15) is 0 Å². The van der Waals surface area contributed by atoms with Crippen molar-refractivity contribution >= 4 is 49.9 Å². The SMILES string of the molecule is Cc1ccc(Cl)cc1N1CCN(CCNC(=O)c2ccc3nc(N4CCOCC4)sc3c2)CC1. The number of morpholine rings is 1. The van der Waals surface area contributed by atoms with Crippen molar-refractivity contribution in [1.29, 1.82) is 0 Å². The third kappa shape index (κ3) is 5.30. The highest BCUT2D eigenvalue weighted by Crippen LogP contribution is 2.30. The van der Waals surface area contributed by atoms with Crippen LogP contribution >= 0.6 is 22.9 Å². The first-order valence-electron chi connectivity index (χ1n) is 11.8. The Hall–Kier alpha value is -2.39. The lowest BCUT2D eigenvalue weighted by Crippen LogP contribution is -2.48. The summed E-state index contributed by atoms with van der Waals surface area (Å²) < 4.78 is 6.48. The Balaban J connectivity index is 1.11. The van der Waals surface area contributed by atoms with Gasteiger partial charge in [0.1, 0.15) is 0 Å². The number of benzene rings is 2. The smallest absolute Gasteiger partial charge is 0.251 e. The van der Waals surface area contributed by atoms with E-state index in [9.17, 15) is 4.79 Å². The summed E-state index contributed by atoms with van der Waals surface area (Å²) in [7, 11) is 0. The maximum Gasteiger partial charge on any atom is 0.251 e. The molecule has 0 aliphatic carbocycles. The van der Waals surface area contributed by atoms with E-state index in [0.717, 1.165) is 79.4 Å². The van der Waals surface area contributed by atoms with Crippen molar-refractivity contribution in [2.75, 3.05) is 75.4 Å². The average molecular weight is 500 g/mol. The molecule has 2 aromatic carbocycles. The number of hydrogen-bond donors (Lipinski definition) is 1. The highest BCUT2D eigenvalue weighted by molar-refractivity contribution is 7.22. The Bertz CT molecular complexity index is 1160. The molecule has 3 aromatic rings. The van der Waals surface area contributed by atoms with E-state index in [1.165, 1.54) is 11.3 Å². The van der Waals surface area contributed by atoms with Crippen molar-refractivity contribution in [3.8, 4) is 0 Å². The second kappa shape index (κ2) is 10.5. The zero-order valence-corrected chi connectivity index (χ0v) is 21.0. The Morgan fingerprint density at radius 2 is 1.85 bits per heavy atom. The number of aryl methyl sites for hydroxylation is 1. The summed E-state index contributed by atoms with van der Waals surface area (Å²) in [6, 6.07) is 11.8. The van der Waals surface area contributed by atoms with Crippen LogP contribution in [0.25, 0.3) is 10.2 Å². The van der Waals surface area contributed by atoms with Gasteiger partial charge >= 0.3 is 0 Å². The summed E-state index contributed by atoms with van der Waals surface area (Å²) in [5.74, 6) is -0.0311. The lowest BCUT2D eigenvalue weighted by atomic mass is 10.1. The standard InChI is InChI=1S/C25H30ClN5O2S/c1-18-2-4-20(26)17-22(18)30-10-8-29(9-11-30)7-6-27-24(32)19-3-5-21-23(16-19)34-25(28-21)31-12-14-33-15-13-31/h2-5,16-17H,6-15H2,1H3,(H,27,32). The summed E-state index contributed by atoms with van der Waals surface area (Å²) in [5.41, 5.74) is 4.09. The zero-order chi connectivity index (χ0) is 23.5. The van der Waals surface area contributed by atoms with E-state index < -0.39 is 0 Å². The number of nitrogens with zero attached hydrogens (tertiary/aromatic N) is 4. The van der Waals surface area contributed by atoms with E-state index in [2.05, 4.69) is 39.1 Å². The fourth-order valence-corrected chi connectivity index (χ4v) is 5.73.